The smallest absolute Gasteiger partial charge is 0.331 e. The highest BCUT2D eigenvalue weighted by molar-refractivity contribution is 5.88. The van der Waals surface area contributed by atoms with Crippen LogP contribution in [0, 0.1) is 5.92 Å². The van der Waals surface area contributed by atoms with Crippen LogP contribution in [0.25, 0.3) is 0 Å². The molecule has 1 saturated carbocycles. The first-order chi connectivity index (χ1) is 8.87. The molecule has 2 N–H and O–H groups in total. The third kappa shape index (κ3) is 3.61. The summed E-state index contributed by atoms with van der Waals surface area (Å²) in [6.45, 7) is 5.51. The van der Waals surface area contributed by atoms with Gasteiger partial charge in [0.05, 0.1) is 6.04 Å². The zero-order valence-electron chi connectivity index (χ0n) is 12.0. The van der Waals surface area contributed by atoms with Gasteiger partial charge in [0.15, 0.2) is 0 Å². The van der Waals surface area contributed by atoms with Crippen LogP contribution in [0.4, 0.5) is 4.79 Å². The van der Waals surface area contributed by atoms with Crippen molar-refractivity contribution in [3.05, 3.63) is 0 Å². The Hall–Kier alpha value is -1.26. The van der Waals surface area contributed by atoms with Crippen LogP contribution >= 0.6 is 0 Å². The third-order valence-corrected chi connectivity index (χ3v) is 3.76. The zero-order chi connectivity index (χ0) is 14.0. The molecule has 2 atom stereocenters. The number of rotatable bonds is 2. The van der Waals surface area contributed by atoms with E-state index >= 15 is 0 Å². The highest BCUT2D eigenvalue weighted by atomic mass is 16.6. The van der Waals surface area contributed by atoms with Crippen molar-refractivity contribution in [2.45, 2.75) is 70.6 Å². The standard InChI is InChI=1S/C14H24N2O3/c1-14(2,3)19-12(17)11-10(15-13(18)16-11)9-7-5-4-6-8-9/h9-11H,4-8H2,1-3H3,(H2,15,16,18)/t10-,11+/m1/s1. The summed E-state index contributed by atoms with van der Waals surface area (Å²) in [5, 5.41) is 5.59. The van der Waals surface area contributed by atoms with E-state index in [1.165, 1.54) is 19.3 Å². The van der Waals surface area contributed by atoms with E-state index in [2.05, 4.69) is 10.6 Å². The van der Waals surface area contributed by atoms with E-state index in [1.54, 1.807) is 0 Å². The molecule has 0 aromatic rings. The van der Waals surface area contributed by atoms with E-state index in [-0.39, 0.29) is 18.0 Å². The van der Waals surface area contributed by atoms with Gasteiger partial charge in [-0.25, -0.2) is 9.59 Å². The van der Waals surface area contributed by atoms with Gasteiger partial charge in [0.25, 0.3) is 0 Å². The molecular formula is C14H24N2O3. The number of amides is 2. The Labute approximate surface area is 114 Å². The summed E-state index contributed by atoms with van der Waals surface area (Å²) in [6, 6.07) is -0.927. The molecule has 5 heteroatoms. The summed E-state index contributed by atoms with van der Waals surface area (Å²) in [5.41, 5.74) is -0.526. The molecule has 0 unspecified atom stereocenters. The molecule has 2 rings (SSSR count). The minimum atomic E-state index is -0.546. The van der Waals surface area contributed by atoms with E-state index < -0.39 is 11.6 Å². The van der Waals surface area contributed by atoms with Crippen molar-refractivity contribution in [3.63, 3.8) is 0 Å². The van der Waals surface area contributed by atoms with Crippen LogP contribution in [-0.4, -0.2) is 29.7 Å². The Morgan fingerprint density at radius 1 is 1.16 bits per heavy atom. The lowest BCUT2D eigenvalue weighted by molar-refractivity contribution is -0.157. The maximum absolute atomic E-state index is 12.2. The lowest BCUT2D eigenvalue weighted by atomic mass is 9.81. The van der Waals surface area contributed by atoms with Crippen molar-refractivity contribution in [1.82, 2.24) is 10.6 Å². The van der Waals surface area contributed by atoms with Gasteiger partial charge in [-0.2, -0.15) is 0 Å². The molecule has 0 spiro atoms. The van der Waals surface area contributed by atoms with Crippen LogP contribution in [0.5, 0.6) is 0 Å². The van der Waals surface area contributed by atoms with Crippen molar-refractivity contribution in [2.24, 2.45) is 5.92 Å². The van der Waals surface area contributed by atoms with Gasteiger partial charge in [-0.3, -0.25) is 0 Å². The molecule has 2 amide bonds. The predicted octanol–water partition coefficient (Wildman–Crippen LogP) is 1.96. The molecule has 0 aromatic carbocycles. The second-order valence-electron chi connectivity index (χ2n) is 6.55. The number of hydrogen-bond donors (Lipinski definition) is 2. The largest absolute Gasteiger partial charge is 0.458 e. The summed E-state index contributed by atoms with van der Waals surface area (Å²) in [4.78, 5) is 23.7. The Bertz CT molecular complexity index is 356. The van der Waals surface area contributed by atoms with Crippen molar-refractivity contribution in [3.8, 4) is 0 Å². The number of esters is 1. The van der Waals surface area contributed by atoms with Gasteiger partial charge < -0.3 is 15.4 Å². The first-order valence-electron chi connectivity index (χ1n) is 7.17. The minimum Gasteiger partial charge on any atom is -0.458 e. The highest BCUT2D eigenvalue weighted by Gasteiger charge is 2.43. The SMILES string of the molecule is CC(C)(C)OC(=O)[C@H]1NC(=O)N[C@@H]1C1CCCCC1. The van der Waals surface area contributed by atoms with Crippen LogP contribution in [0.1, 0.15) is 52.9 Å². The average molecular weight is 268 g/mol. The van der Waals surface area contributed by atoms with Gasteiger partial charge in [0.2, 0.25) is 0 Å². The van der Waals surface area contributed by atoms with Crippen LogP contribution in [0.2, 0.25) is 0 Å². The normalized spacial score (nSPS) is 28.7. The fraction of sp³-hybridized carbons (Fsp3) is 0.857. The molecular weight excluding hydrogens is 244 g/mol. The predicted molar refractivity (Wildman–Crippen MR) is 71.7 cm³/mol. The monoisotopic (exact) mass is 268 g/mol. The first kappa shape index (κ1) is 14.2. The molecule has 1 aliphatic carbocycles. The van der Waals surface area contributed by atoms with Gasteiger partial charge in [0.1, 0.15) is 11.6 Å². The van der Waals surface area contributed by atoms with Crippen LogP contribution in [0.15, 0.2) is 0 Å². The van der Waals surface area contributed by atoms with E-state index in [4.69, 9.17) is 4.74 Å². The summed E-state index contributed by atoms with van der Waals surface area (Å²) < 4.78 is 5.40. The highest BCUT2D eigenvalue weighted by Crippen LogP contribution is 2.29. The molecule has 5 nitrogen and oxygen atoms in total. The van der Waals surface area contributed by atoms with Crippen LogP contribution in [0.3, 0.4) is 0 Å². The zero-order valence-corrected chi connectivity index (χ0v) is 12.0. The van der Waals surface area contributed by atoms with Crippen LogP contribution in [-0.2, 0) is 9.53 Å². The molecule has 108 valence electrons. The molecule has 19 heavy (non-hydrogen) atoms. The van der Waals surface area contributed by atoms with E-state index in [0.717, 1.165) is 12.8 Å². The number of urea groups is 1. The quantitative estimate of drug-likeness (QED) is 0.752. The number of carbonyl (C=O) groups excluding carboxylic acids is 2. The summed E-state index contributed by atoms with van der Waals surface area (Å²) in [7, 11) is 0. The average Bonchev–Trinajstić information content (AvgIpc) is 2.70. The van der Waals surface area contributed by atoms with Crippen molar-refractivity contribution < 1.29 is 14.3 Å². The Balaban J connectivity index is 2.04. The van der Waals surface area contributed by atoms with E-state index in [1.807, 2.05) is 20.8 Å². The molecule has 1 aliphatic heterocycles. The molecule has 1 heterocycles. The molecule has 2 aliphatic rings. The van der Waals surface area contributed by atoms with Gasteiger partial charge >= 0.3 is 12.0 Å². The molecule has 0 aromatic heterocycles. The lowest BCUT2D eigenvalue weighted by Crippen LogP contribution is -2.48. The Morgan fingerprint density at radius 2 is 1.79 bits per heavy atom. The Morgan fingerprint density at radius 3 is 2.37 bits per heavy atom. The first-order valence-corrected chi connectivity index (χ1v) is 7.17. The number of ether oxygens (including phenoxy) is 1. The van der Waals surface area contributed by atoms with Crippen molar-refractivity contribution in [1.29, 1.82) is 0 Å². The summed E-state index contributed by atoms with van der Waals surface area (Å²) in [5.74, 6) is 0.0478. The third-order valence-electron chi connectivity index (χ3n) is 3.76. The van der Waals surface area contributed by atoms with Gasteiger partial charge in [-0.05, 0) is 39.5 Å². The minimum absolute atomic E-state index is 0.123. The maximum atomic E-state index is 12.2. The van der Waals surface area contributed by atoms with E-state index in [0.29, 0.717) is 5.92 Å². The molecule has 2 fully saturated rings. The second-order valence-corrected chi connectivity index (χ2v) is 6.55. The topological polar surface area (TPSA) is 67.4 Å². The summed E-state index contributed by atoms with van der Waals surface area (Å²) >= 11 is 0. The second kappa shape index (κ2) is 5.39. The number of nitrogens with one attached hydrogen (secondary N) is 2. The summed E-state index contributed by atoms with van der Waals surface area (Å²) in [6.07, 6.45) is 5.76. The number of hydrogen-bond acceptors (Lipinski definition) is 3. The van der Waals surface area contributed by atoms with E-state index in [9.17, 15) is 9.59 Å². The molecule has 1 saturated heterocycles. The van der Waals surface area contributed by atoms with Gasteiger partial charge in [0, 0.05) is 0 Å². The van der Waals surface area contributed by atoms with Gasteiger partial charge in [-0.15, -0.1) is 0 Å². The van der Waals surface area contributed by atoms with Gasteiger partial charge in [-0.1, -0.05) is 19.3 Å². The lowest BCUT2D eigenvalue weighted by Gasteiger charge is -2.31. The number of carbonyl (C=O) groups is 2. The maximum Gasteiger partial charge on any atom is 0.331 e. The van der Waals surface area contributed by atoms with Crippen molar-refractivity contribution in [2.75, 3.05) is 0 Å². The van der Waals surface area contributed by atoms with Crippen molar-refractivity contribution >= 4 is 12.0 Å². The Kier molecular flexibility index (Phi) is 4.02. The van der Waals surface area contributed by atoms with Crippen LogP contribution < -0.4 is 10.6 Å². The fourth-order valence-electron chi connectivity index (χ4n) is 2.96. The molecule has 0 radical (unpaired) electrons. The fourth-order valence-corrected chi connectivity index (χ4v) is 2.96. The molecule has 0 bridgehead atoms.